The maximum absolute atomic E-state index is 9.11. The summed E-state index contributed by atoms with van der Waals surface area (Å²) in [7, 11) is 1.99. The van der Waals surface area contributed by atoms with Crippen molar-refractivity contribution < 1.29 is 5.11 Å². The van der Waals surface area contributed by atoms with E-state index in [-0.39, 0.29) is 6.61 Å². The first kappa shape index (κ1) is 13.1. The smallest absolute Gasteiger partial charge is 0.0767 e. The van der Waals surface area contributed by atoms with E-state index in [1.165, 1.54) is 18.5 Å². The highest BCUT2D eigenvalue weighted by molar-refractivity contribution is 9.10. The van der Waals surface area contributed by atoms with Crippen molar-refractivity contribution in [1.82, 2.24) is 14.7 Å². The molecule has 1 saturated carbocycles. The molecule has 1 aliphatic rings. The fourth-order valence-electron chi connectivity index (χ4n) is 2.14. The maximum atomic E-state index is 9.11. The Morgan fingerprint density at radius 3 is 2.71 bits per heavy atom. The summed E-state index contributed by atoms with van der Waals surface area (Å²) >= 11 is 3.64. The molecule has 0 saturated heterocycles. The van der Waals surface area contributed by atoms with Crippen molar-refractivity contribution in [2.24, 2.45) is 7.05 Å². The van der Waals surface area contributed by atoms with Crippen LogP contribution in [-0.4, -0.2) is 39.0 Å². The Morgan fingerprint density at radius 2 is 2.24 bits per heavy atom. The quantitative estimate of drug-likeness (QED) is 0.869. The monoisotopic (exact) mass is 301 g/mol. The van der Waals surface area contributed by atoms with Crippen molar-refractivity contribution >= 4 is 15.9 Å². The molecule has 17 heavy (non-hydrogen) atoms. The molecule has 0 atom stereocenters. The molecule has 1 aromatic heterocycles. The molecule has 1 N–H and O–H groups in total. The fraction of sp³-hybridized carbons (Fsp3) is 0.750. The lowest BCUT2D eigenvalue weighted by molar-refractivity contribution is 0.180. The highest BCUT2D eigenvalue weighted by atomic mass is 79.9. The van der Waals surface area contributed by atoms with Crippen LogP contribution in [0.3, 0.4) is 0 Å². The maximum Gasteiger partial charge on any atom is 0.0767 e. The molecule has 0 unspecified atom stereocenters. The van der Waals surface area contributed by atoms with Crippen molar-refractivity contribution in [2.45, 2.75) is 38.8 Å². The van der Waals surface area contributed by atoms with Gasteiger partial charge in [0.05, 0.1) is 22.5 Å². The molecule has 0 radical (unpaired) electrons. The van der Waals surface area contributed by atoms with E-state index in [9.17, 15) is 0 Å². The second kappa shape index (κ2) is 5.50. The zero-order valence-electron chi connectivity index (χ0n) is 10.5. The molecular formula is C12H20BrN3O. The predicted molar refractivity (Wildman–Crippen MR) is 70.8 cm³/mol. The van der Waals surface area contributed by atoms with Crippen LogP contribution in [0.1, 0.15) is 31.2 Å². The number of aliphatic hydroxyl groups excluding tert-OH is 1. The number of hydrogen-bond donors (Lipinski definition) is 1. The third kappa shape index (κ3) is 2.89. The Labute approximate surface area is 111 Å². The molecule has 0 aromatic carbocycles. The molecule has 96 valence electrons. The van der Waals surface area contributed by atoms with Crippen molar-refractivity contribution in [3.8, 4) is 0 Å². The Bertz CT molecular complexity index is 387. The average molecular weight is 302 g/mol. The van der Waals surface area contributed by atoms with Gasteiger partial charge in [-0.05, 0) is 35.2 Å². The van der Waals surface area contributed by atoms with Crippen molar-refractivity contribution in [3.05, 3.63) is 15.9 Å². The Kier molecular flexibility index (Phi) is 4.22. The van der Waals surface area contributed by atoms with E-state index >= 15 is 0 Å². The van der Waals surface area contributed by atoms with Gasteiger partial charge in [-0.1, -0.05) is 6.92 Å². The Hall–Kier alpha value is -0.390. The highest BCUT2D eigenvalue weighted by Gasteiger charge is 2.29. The summed E-state index contributed by atoms with van der Waals surface area (Å²) in [4.78, 5) is 2.35. The molecule has 2 rings (SSSR count). The number of aromatic nitrogens is 2. The van der Waals surface area contributed by atoms with Crippen LogP contribution in [0.4, 0.5) is 0 Å². The Morgan fingerprint density at radius 1 is 1.53 bits per heavy atom. The van der Waals surface area contributed by atoms with Gasteiger partial charge in [0, 0.05) is 26.2 Å². The number of hydrogen-bond acceptors (Lipinski definition) is 3. The van der Waals surface area contributed by atoms with Gasteiger partial charge in [-0.25, -0.2) is 0 Å². The van der Waals surface area contributed by atoms with E-state index in [2.05, 4.69) is 32.9 Å². The molecule has 1 aliphatic carbocycles. The fourth-order valence-corrected chi connectivity index (χ4v) is 2.88. The van der Waals surface area contributed by atoms with Crippen LogP contribution in [0, 0.1) is 0 Å². The van der Waals surface area contributed by atoms with Gasteiger partial charge >= 0.3 is 0 Å². The predicted octanol–water partition coefficient (Wildman–Crippen LogP) is 1.70. The van der Waals surface area contributed by atoms with Gasteiger partial charge in [0.25, 0.3) is 0 Å². The van der Waals surface area contributed by atoms with Crippen molar-refractivity contribution in [1.29, 1.82) is 0 Å². The standard InChI is InChI=1S/C12H20BrN3O/c1-3-10-12(13)11(15(2)14-10)8-16(6-7-17)9-4-5-9/h9,17H,3-8H2,1-2H3. The SMILES string of the molecule is CCc1nn(C)c(CN(CCO)C2CC2)c1Br. The van der Waals surface area contributed by atoms with E-state index in [1.807, 2.05) is 11.7 Å². The van der Waals surface area contributed by atoms with E-state index in [4.69, 9.17) is 5.11 Å². The molecule has 4 nitrogen and oxygen atoms in total. The van der Waals surface area contributed by atoms with Gasteiger partial charge in [-0.3, -0.25) is 9.58 Å². The summed E-state index contributed by atoms with van der Waals surface area (Å²) in [6.45, 7) is 3.97. The molecule has 0 aliphatic heterocycles. The van der Waals surface area contributed by atoms with Gasteiger partial charge in [0.15, 0.2) is 0 Å². The summed E-state index contributed by atoms with van der Waals surface area (Å²) in [5, 5.41) is 13.6. The molecule has 1 aromatic rings. The molecule has 0 spiro atoms. The van der Waals surface area contributed by atoms with Gasteiger partial charge in [-0.2, -0.15) is 5.10 Å². The van der Waals surface area contributed by atoms with Crippen LogP contribution in [0.25, 0.3) is 0 Å². The molecule has 0 amide bonds. The largest absolute Gasteiger partial charge is 0.395 e. The lowest BCUT2D eigenvalue weighted by atomic mass is 10.3. The van der Waals surface area contributed by atoms with Crippen LogP contribution in [-0.2, 0) is 20.0 Å². The lowest BCUT2D eigenvalue weighted by Gasteiger charge is -2.20. The van der Waals surface area contributed by atoms with Crippen molar-refractivity contribution in [3.63, 3.8) is 0 Å². The summed E-state index contributed by atoms with van der Waals surface area (Å²) in [6.07, 6.45) is 3.46. The van der Waals surface area contributed by atoms with E-state index in [0.717, 1.165) is 29.7 Å². The number of rotatable bonds is 6. The number of halogens is 1. The van der Waals surface area contributed by atoms with Crippen LogP contribution in [0.5, 0.6) is 0 Å². The summed E-state index contributed by atoms with van der Waals surface area (Å²) in [5.41, 5.74) is 2.32. The average Bonchev–Trinajstić information content (AvgIpc) is 3.10. The topological polar surface area (TPSA) is 41.3 Å². The summed E-state index contributed by atoms with van der Waals surface area (Å²) < 4.78 is 3.08. The minimum absolute atomic E-state index is 0.229. The van der Waals surface area contributed by atoms with Gasteiger partial charge in [0.1, 0.15) is 0 Å². The molecule has 1 fully saturated rings. The number of nitrogens with zero attached hydrogens (tertiary/aromatic N) is 3. The molecule has 1 heterocycles. The minimum atomic E-state index is 0.229. The normalized spacial score (nSPS) is 15.8. The van der Waals surface area contributed by atoms with Gasteiger partial charge in [-0.15, -0.1) is 0 Å². The molecule has 0 bridgehead atoms. The van der Waals surface area contributed by atoms with Crippen LogP contribution < -0.4 is 0 Å². The van der Waals surface area contributed by atoms with Crippen LogP contribution >= 0.6 is 15.9 Å². The van der Waals surface area contributed by atoms with E-state index in [1.54, 1.807) is 0 Å². The van der Waals surface area contributed by atoms with E-state index in [0.29, 0.717) is 6.04 Å². The lowest BCUT2D eigenvalue weighted by Crippen LogP contribution is -2.29. The zero-order valence-corrected chi connectivity index (χ0v) is 12.1. The van der Waals surface area contributed by atoms with Crippen molar-refractivity contribution in [2.75, 3.05) is 13.2 Å². The first-order valence-electron chi connectivity index (χ1n) is 6.22. The minimum Gasteiger partial charge on any atom is -0.395 e. The van der Waals surface area contributed by atoms with Gasteiger partial charge < -0.3 is 5.11 Å². The zero-order chi connectivity index (χ0) is 12.4. The molecule has 5 heteroatoms. The Balaban J connectivity index is 2.13. The first-order valence-corrected chi connectivity index (χ1v) is 7.01. The number of aryl methyl sites for hydroxylation is 2. The third-order valence-electron chi connectivity index (χ3n) is 3.31. The molecular weight excluding hydrogens is 282 g/mol. The first-order chi connectivity index (χ1) is 8.17. The second-order valence-electron chi connectivity index (χ2n) is 4.61. The van der Waals surface area contributed by atoms with Crippen LogP contribution in [0.15, 0.2) is 4.47 Å². The number of aliphatic hydroxyl groups is 1. The summed E-state index contributed by atoms with van der Waals surface area (Å²) in [6, 6.07) is 0.661. The van der Waals surface area contributed by atoms with Gasteiger partial charge in [0.2, 0.25) is 0 Å². The van der Waals surface area contributed by atoms with E-state index < -0.39 is 0 Å². The van der Waals surface area contributed by atoms with Crippen LogP contribution in [0.2, 0.25) is 0 Å². The summed E-state index contributed by atoms with van der Waals surface area (Å²) in [5.74, 6) is 0. The second-order valence-corrected chi connectivity index (χ2v) is 5.40. The third-order valence-corrected chi connectivity index (χ3v) is 4.22. The highest BCUT2D eigenvalue weighted by Crippen LogP contribution is 2.30.